The van der Waals surface area contributed by atoms with Gasteiger partial charge in [0.05, 0.1) is 22.0 Å². The van der Waals surface area contributed by atoms with E-state index in [1.165, 1.54) is 24.0 Å². The molecule has 4 heterocycles. The number of carbonyl (C=O) groups excluding carboxylic acids is 2. The van der Waals surface area contributed by atoms with Crippen molar-refractivity contribution in [3.63, 3.8) is 0 Å². The SMILES string of the molecule is C=S1(=O)NC(=O)c2ccc3c(c2)N(C[C@@H]2CC[C@H]2[C@@H](CN2CCN4CCN(C(C)=O)C[C@@H]4C2)CCC[C@H](C)[C@H]1C)C[C@@]1(CCCc2cc(Cl)ccc21)CO3. The zero-order chi connectivity index (χ0) is 37.8. The fourth-order valence-electron chi connectivity index (χ4n) is 10.8. The maximum atomic E-state index is 14.1. The third-order valence-electron chi connectivity index (χ3n) is 14.5. The molecule has 1 N–H and O–H groups in total. The van der Waals surface area contributed by atoms with Gasteiger partial charge in [-0.05, 0) is 123 Å². The Labute approximate surface area is 328 Å². The first kappa shape index (κ1) is 38.1. The lowest BCUT2D eigenvalue weighted by atomic mass is 9.65. The van der Waals surface area contributed by atoms with E-state index in [0.717, 1.165) is 114 Å². The van der Waals surface area contributed by atoms with Crippen LogP contribution in [0.4, 0.5) is 5.69 Å². The number of piperazine rings is 2. The van der Waals surface area contributed by atoms with Crippen LogP contribution < -0.4 is 14.4 Å². The molecule has 1 saturated carbocycles. The largest absolute Gasteiger partial charge is 0.490 e. The van der Waals surface area contributed by atoms with Crippen molar-refractivity contribution in [1.29, 1.82) is 0 Å². The Bertz CT molecular complexity index is 1860. The van der Waals surface area contributed by atoms with Crippen molar-refractivity contribution >= 4 is 44.7 Å². The molecule has 3 fully saturated rings. The summed E-state index contributed by atoms with van der Waals surface area (Å²) >= 11 is 6.53. The minimum Gasteiger partial charge on any atom is -0.490 e. The second-order valence-electron chi connectivity index (χ2n) is 17.7. The third kappa shape index (κ3) is 7.53. The highest BCUT2D eigenvalue weighted by Gasteiger charge is 2.45. The van der Waals surface area contributed by atoms with Gasteiger partial charge in [-0.15, -0.1) is 0 Å². The fraction of sp³-hybridized carbons (Fsp3) is 0.651. The number of nitrogens with one attached hydrogen (secondary N) is 1. The average Bonchev–Trinajstić information content (AvgIpc) is 3.28. The van der Waals surface area contributed by atoms with E-state index in [9.17, 15) is 13.8 Å². The lowest BCUT2D eigenvalue weighted by Crippen LogP contribution is -2.63. The zero-order valence-electron chi connectivity index (χ0n) is 32.6. The number of carbonyl (C=O) groups is 2. The van der Waals surface area contributed by atoms with E-state index in [4.69, 9.17) is 16.3 Å². The van der Waals surface area contributed by atoms with Gasteiger partial charge in [0.1, 0.15) is 5.75 Å². The van der Waals surface area contributed by atoms with Gasteiger partial charge in [0.25, 0.3) is 5.91 Å². The van der Waals surface area contributed by atoms with Gasteiger partial charge in [-0.1, -0.05) is 31.0 Å². The predicted molar refractivity (Wildman–Crippen MR) is 219 cm³/mol. The first-order valence-corrected chi connectivity index (χ1v) is 22.8. The normalized spacial score (nSPS) is 35.1. The van der Waals surface area contributed by atoms with Gasteiger partial charge in [-0.25, -0.2) is 4.21 Å². The summed E-state index contributed by atoms with van der Waals surface area (Å²) in [6.07, 6.45) is 8.72. The number of fused-ring (bicyclic) bond motifs is 5. The molecule has 2 bridgehead atoms. The van der Waals surface area contributed by atoms with E-state index < -0.39 is 9.71 Å². The summed E-state index contributed by atoms with van der Waals surface area (Å²) in [5, 5.41) is 0.521. The number of nitrogens with zero attached hydrogens (tertiary/aromatic N) is 4. The highest BCUT2D eigenvalue weighted by molar-refractivity contribution is 7.99. The molecule has 4 aliphatic heterocycles. The molecule has 9 nitrogen and oxygen atoms in total. The number of hydrogen-bond donors (Lipinski definition) is 1. The fourth-order valence-corrected chi connectivity index (χ4v) is 12.5. The average molecular weight is 779 g/mol. The summed E-state index contributed by atoms with van der Waals surface area (Å²) in [5.41, 5.74) is 3.90. The van der Waals surface area contributed by atoms with Crippen molar-refractivity contribution in [2.45, 2.75) is 88.8 Å². The van der Waals surface area contributed by atoms with Crippen LogP contribution in [0.5, 0.6) is 5.75 Å². The summed E-state index contributed by atoms with van der Waals surface area (Å²) in [5.74, 6) is 6.61. The van der Waals surface area contributed by atoms with Crippen molar-refractivity contribution < 1.29 is 18.5 Å². The Morgan fingerprint density at radius 2 is 1.85 bits per heavy atom. The molecule has 1 unspecified atom stereocenters. The van der Waals surface area contributed by atoms with Gasteiger partial charge in [-0.3, -0.25) is 19.2 Å². The molecule has 1 spiro atoms. The molecule has 2 saturated heterocycles. The molecule has 2 aromatic rings. The Balaban J connectivity index is 1.12. The topological polar surface area (TPSA) is 85.4 Å². The summed E-state index contributed by atoms with van der Waals surface area (Å²) in [6.45, 7) is 15.0. The predicted octanol–water partition coefficient (Wildman–Crippen LogP) is 5.87. The molecule has 2 aliphatic carbocycles. The maximum Gasteiger partial charge on any atom is 0.262 e. The third-order valence-corrected chi connectivity index (χ3v) is 16.9. The second-order valence-corrected chi connectivity index (χ2v) is 20.6. The van der Waals surface area contributed by atoms with Crippen molar-refractivity contribution in [2.24, 2.45) is 23.7 Å². The molecule has 294 valence electrons. The van der Waals surface area contributed by atoms with Crippen LogP contribution in [0.25, 0.3) is 0 Å². The molecule has 0 radical (unpaired) electrons. The van der Waals surface area contributed by atoms with Gasteiger partial charge in [-0.2, -0.15) is 0 Å². The quantitative estimate of drug-likeness (QED) is 0.382. The van der Waals surface area contributed by atoms with Crippen LogP contribution in [0.1, 0.15) is 87.2 Å². The van der Waals surface area contributed by atoms with Crippen LogP contribution in [0, 0.1) is 23.7 Å². The molecule has 8 rings (SSSR count). The number of ether oxygens (including phenoxy) is 1. The van der Waals surface area contributed by atoms with Crippen LogP contribution in [-0.4, -0.2) is 113 Å². The number of halogens is 1. The Kier molecular flexibility index (Phi) is 10.8. The maximum absolute atomic E-state index is 14.1. The van der Waals surface area contributed by atoms with Crippen molar-refractivity contribution in [3.8, 4) is 5.75 Å². The van der Waals surface area contributed by atoms with Gasteiger partial charge in [0.2, 0.25) is 5.91 Å². The van der Waals surface area contributed by atoms with Crippen LogP contribution in [-0.2, 0) is 26.3 Å². The number of benzene rings is 2. The molecule has 6 aliphatic rings. The smallest absolute Gasteiger partial charge is 0.262 e. The summed E-state index contributed by atoms with van der Waals surface area (Å²) < 4.78 is 23.7. The second kappa shape index (κ2) is 15.3. The lowest BCUT2D eigenvalue weighted by molar-refractivity contribution is -0.133. The number of hydrogen-bond acceptors (Lipinski definition) is 7. The molecule has 0 aromatic heterocycles. The van der Waals surface area contributed by atoms with Gasteiger partial charge in [0.15, 0.2) is 0 Å². The standard InChI is InChI=1S/C43H60ClN5O4S/c1-29-7-5-8-34(23-46-17-18-47-19-20-48(31(3)50)26-37(47)25-46)38-13-10-35(38)24-49-27-43(16-6-9-32-21-36(44)12-14-39(32)43)28-53-41-15-11-33(22-40(41)49)42(51)45-54(4,52)30(29)2/h11-12,14-15,21-22,29-30,34-35,37-38H,4-10,13,16-20,23-28H2,1-3H3,(H,45,51,52)/t29-,30+,34+,35-,37-,38-,43-,54?/m0/s1. The van der Waals surface area contributed by atoms with Crippen LogP contribution >= 0.6 is 11.6 Å². The van der Waals surface area contributed by atoms with Crippen LogP contribution in [0.2, 0.25) is 5.02 Å². The first-order chi connectivity index (χ1) is 25.9. The van der Waals surface area contributed by atoms with E-state index in [0.29, 0.717) is 36.0 Å². The Morgan fingerprint density at radius 1 is 1.02 bits per heavy atom. The minimum atomic E-state index is -2.90. The van der Waals surface area contributed by atoms with Crippen molar-refractivity contribution in [3.05, 3.63) is 58.1 Å². The van der Waals surface area contributed by atoms with Gasteiger partial charge in [0, 0.05) is 93.1 Å². The van der Waals surface area contributed by atoms with E-state index >= 15 is 0 Å². The monoisotopic (exact) mass is 777 g/mol. The van der Waals surface area contributed by atoms with Crippen molar-refractivity contribution in [1.82, 2.24) is 19.4 Å². The van der Waals surface area contributed by atoms with E-state index in [-0.39, 0.29) is 28.4 Å². The zero-order valence-corrected chi connectivity index (χ0v) is 34.1. The summed E-state index contributed by atoms with van der Waals surface area (Å²) in [7, 11) is -2.90. The first-order valence-electron chi connectivity index (χ1n) is 20.6. The molecular formula is C43H60ClN5O4S. The molecule has 54 heavy (non-hydrogen) atoms. The number of rotatable bonds is 2. The molecular weight excluding hydrogens is 718 g/mol. The molecule has 11 heteroatoms. The molecule has 2 amide bonds. The minimum absolute atomic E-state index is 0.157. The number of anilines is 1. The Hall–Kier alpha value is -2.79. The van der Waals surface area contributed by atoms with Crippen LogP contribution in [0.15, 0.2) is 36.4 Å². The number of aryl methyl sites for hydroxylation is 1. The summed E-state index contributed by atoms with van der Waals surface area (Å²) in [6, 6.07) is 12.5. The van der Waals surface area contributed by atoms with E-state index in [2.05, 4.69) is 44.3 Å². The van der Waals surface area contributed by atoms with E-state index in [1.807, 2.05) is 36.1 Å². The highest BCUT2D eigenvalue weighted by atomic mass is 35.5. The van der Waals surface area contributed by atoms with Gasteiger partial charge >= 0.3 is 0 Å². The lowest BCUT2D eigenvalue weighted by Gasteiger charge is -2.50. The highest BCUT2D eigenvalue weighted by Crippen LogP contribution is 2.48. The summed E-state index contributed by atoms with van der Waals surface area (Å²) in [4.78, 5) is 36.0. The van der Waals surface area contributed by atoms with Crippen molar-refractivity contribution in [2.75, 3.05) is 70.4 Å². The number of amides is 2. The molecule has 8 atom stereocenters. The van der Waals surface area contributed by atoms with Crippen LogP contribution in [0.3, 0.4) is 0 Å². The molecule has 2 aromatic carbocycles. The van der Waals surface area contributed by atoms with Gasteiger partial charge < -0.3 is 19.4 Å². The van der Waals surface area contributed by atoms with E-state index in [1.54, 1.807) is 6.92 Å². The Morgan fingerprint density at radius 3 is 2.65 bits per heavy atom.